The van der Waals surface area contributed by atoms with Gasteiger partial charge in [-0.3, -0.25) is 4.90 Å². The van der Waals surface area contributed by atoms with Crippen LogP contribution >= 0.6 is 0 Å². The normalized spacial score (nSPS) is 19.2. The maximum absolute atomic E-state index is 12.8. The van der Waals surface area contributed by atoms with E-state index >= 15 is 0 Å². The molecular formula is C26H34N4O2S. The largest absolute Gasteiger partial charge is 0.339 e. The van der Waals surface area contributed by atoms with E-state index in [2.05, 4.69) is 52.4 Å². The van der Waals surface area contributed by atoms with Gasteiger partial charge >= 0.3 is 0 Å². The van der Waals surface area contributed by atoms with E-state index in [1.54, 1.807) is 0 Å². The van der Waals surface area contributed by atoms with Crippen LogP contribution in [0, 0.1) is 0 Å². The molecule has 2 aliphatic heterocycles. The van der Waals surface area contributed by atoms with Crippen LogP contribution in [-0.2, 0) is 16.6 Å². The summed E-state index contributed by atoms with van der Waals surface area (Å²) in [5, 5.41) is 3.21. The SMILES string of the molecule is CCN1CCN(Cc2ccc(NC3=NS(=O)(=O)C(c4ccc(C(C)C)cc4)=C3C)cc2)CC1. The van der Waals surface area contributed by atoms with Crippen molar-refractivity contribution in [2.45, 2.75) is 40.2 Å². The molecule has 0 spiro atoms. The Morgan fingerprint density at radius 3 is 2.12 bits per heavy atom. The zero-order valence-corrected chi connectivity index (χ0v) is 20.8. The minimum Gasteiger partial charge on any atom is -0.339 e. The molecule has 4 rings (SSSR count). The number of hydrogen-bond acceptors (Lipinski definition) is 5. The Labute approximate surface area is 198 Å². The van der Waals surface area contributed by atoms with Crippen molar-refractivity contribution in [3.8, 4) is 0 Å². The van der Waals surface area contributed by atoms with Gasteiger partial charge in [0.2, 0.25) is 0 Å². The van der Waals surface area contributed by atoms with Gasteiger partial charge in [0.1, 0.15) is 10.7 Å². The van der Waals surface area contributed by atoms with Gasteiger partial charge in [-0.1, -0.05) is 57.2 Å². The van der Waals surface area contributed by atoms with Crippen molar-refractivity contribution in [2.24, 2.45) is 4.40 Å². The molecule has 0 aromatic heterocycles. The van der Waals surface area contributed by atoms with Crippen molar-refractivity contribution >= 4 is 26.5 Å². The van der Waals surface area contributed by atoms with Gasteiger partial charge < -0.3 is 10.2 Å². The summed E-state index contributed by atoms with van der Waals surface area (Å²) < 4.78 is 29.7. The van der Waals surface area contributed by atoms with Crippen molar-refractivity contribution in [1.29, 1.82) is 0 Å². The zero-order valence-electron chi connectivity index (χ0n) is 20.0. The Bertz CT molecular complexity index is 1140. The molecule has 2 aliphatic rings. The summed E-state index contributed by atoms with van der Waals surface area (Å²) in [6.07, 6.45) is 0. The van der Waals surface area contributed by atoms with E-state index in [9.17, 15) is 8.42 Å². The van der Waals surface area contributed by atoms with Gasteiger partial charge in [0.15, 0.2) is 0 Å². The van der Waals surface area contributed by atoms with E-state index in [0.717, 1.165) is 45.0 Å². The molecule has 33 heavy (non-hydrogen) atoms. The van der Waals surface area contributed by atoms with E-state index in [1.807, 2.05) is 43.3 Å². The number of anilines is 1. The van der Waals surface area contributed by atoms with Gasteiger partial charge in [-0.25, -0.2) is 0 Å². The molecule has 0 atom stereocenters. The Balaban J connectivity index is 1.45. The number of nitrogens with one attached hydrogen (secondary N) is 1. The van der Waals surface area contributed by atoms with Crippen LogP contribution in [0.2, 0.25) is 0 Å². The Hall–Kier alpha value is -2.48. The third-order valence-electron chi connectivity index (χ3n) is 6.54. The van der Waals surface area contributed by atoms with Gasteiger partial charge in [-0.05, 0) is 48.2 Å². The summed E-state index contributed by atoms with van der Waals surface area (Å²) in [5.74, 6) is 0.785. The smallest absolute Gasteiger partial charge is 0.285 e. The maximum Gasteiger partial charge on any atom is 0.285 e. The van der Waals surface area contributed by atoms with Crippen molar-refractivity contribution < 1.29 is 8.42 Å². The Morgan fingerprint density at radius 2 is 1.55 bits per heavy atom. The minimum absolute atomic E-state index is 0.281. The molecule has 2 heterocycles. The van der Waals surface area contributed by atoms with Crippen LogP contribution in [0.1, 0.15) is 50.3 Å². The zero-order chi connectivity index (χ0) is 23.6. The number of piperazine rings is 1. The highest BCUT2D eigenvalue weighted by molar-refractivity contribution is 8.00. The first kappa shape index (κ1) is 23.7. The summed E-state index contributed by atoms with van der Waals surface area (Å²) in [4.78, 5) is 5.23. The van der Waals surface area contributed by atoms with Gasteiger partial charge in [0, 0.05) is 44.0 Å². The van der Waals surface area contributed by atoms with Crippen LogP contribution in [0.25, 0.3) is 4.91 Å². The lowest BCUT2D eigenvalue weighted by Gasteiger charge is -2.34. The molecule has 0 aliphatic carbocycles. The summed E-state index contributed by atoms with van der Waals surface area (Å²) in [6, 6.07) is 15.9. The molecule has 0 saturated carbocycles. The first-order valence-corrected chi connectivity index (χ1v) is 13.2. The fourth-order valence-electron chi connectivity index (χ4n) is 4.39. The predicted octanol–water partition coefficient (Wildman–Crippen LogP) is 4.53. The molecule has 1 saturated heterocycles. The minimum atomic E-state index is -3.73. The van der Waals surface area contributed by atoms with Crippen molar-refractivity contribution in [1.82, 2.24) is 9.80 Å². The van der Waals surface area contributed by atoms with Crippen molar-refractivity contribution in [2.75, 3.05) is 38.0 Å². The highest BCUT2D eigenvalue weighted by Gasteiger charge is 2.31. The lowest BCUT2D eigenvalue weighted by molar-refractivity contribution is 0.132. The molecule has 0 radical (unpaired) electrons. The Kier molecular flexibility index (Phi) is 7.02. The van der Waals surface area contributed by atoms with Crippen LogP contribution in [0.4, 0.5) is 5.69 Å². The molecule has 6 nitrogen and oxygen atoms in total. The number of benzene rings is 2. The topological polar surface area (TPSA) is 65.0 Å². The van der Waals surface area contributed by atoms with Crippen LogP contribution in [0.5, 0.6) is 0 Å². The second-order valence-electron chi connectivity index (χ2n) is 9.18. The number of amidine groups is 1. The standard InChI is InChI=1S/C26H34N4O2S/c1-5-29-14-16-30(17-15-29)18-21-6-12-24(13-7-21)27-26-20(4)25(33(31,32)28-26)23-10-8-22(9-11-23)19(2)3/h6-13,19H,5,14-18H2,1-4H3,(H,27,28). The highest BCUT2D eigenvalue weighted by Crippen LogP contribution is 2.33. The van der Waals surface area contributed by atoms with Gasteiger partial charge in [0.05, 0.1) is 0 Å². The quantitative estimate of drug-likeness (QED) is 0.678. The lowest BCUT2D eigenvalue weighted by atomic mass is 10.0. The molecule has 1 fully saturated rings. The molecule has 7 heteroatoms. The van der Waals surface area contributed by atoms with Gasteiger partial charge in [-0.2, -0.15) is 8.42 Å². The number of likely N-dealkylation sites (N-methyl/N-ethyl adjacent to an activating group) is 1. The first-order chi connectivity index (χ1) is 15.8. The molecular weight excluding hydrogens is 432 g/mol. The van der Waals surface area contributed by atoms with E-state index in [1.165, 1.54) is 11.1 Å². The molecule has 2 aromatic rings. The number of sulfonamides is 1. The van der Waals surface area contributed by atoms with Crippen molar-refractivity contribution in [3.63, 3.8) is 0 Å². The number of nitrogens with zero attached hydrogens (tertiary/aromatic N) is 3. The van der Waals surface area contributed by atoms with E-state index in [0.29, 0.717) is 22.9 Å². The molecule has 0 unspecified atom stereocenters. The third-order valence-corrected chi connectivity index (χ3v) is 8.02. The van der Waals surface area contributed by atoms with Crippen molar-refractivity contribution in [3.05, 3.63) is 70.8 Å². The van der Waals surface area contributed by atoms with Gasteiger partial charge in [-0.15, -0.1) is 4.40 Å². The fourth-order valence-corrected chi connectivity index (χ4v) is 5.82. The average Bonchev–Trinajstić information content (AvgIpc) is 3.03. The van der Waals surface area contributed by atoms with Crippen LogP contribution in [0.15, 0.2) is 58.5 Å². The van der Waals surface area contributed by atoms with Gasteiger partial charge in [0.25, 0.3) is 10.0 Å². The Morgan fingerprint density at radius 1 is 0.939 bits per heavy atom. The maximum atomic E-state index is 12.8. The first-order valence-electron chi connectivity index (χ1n) is 11.7. The highest BCUT2D eigenvalue weighted by atomic mass is 32.2. The third kappa shape index (κ3) is 5.37. The molecule has 1 N–H and O–H groups in total. The lowest BCUT2D eigenvalue weighted by Crippen LogP contribution is -2.45. The second kappa shape index (κ2) is 9.79. The monoisotopic (exact) mass is 466 g/mol. The predicted molar refractivity (Wildman–Crippen MR) is 137 cm³/mol. The summed E-state index contributed by atoms with van der Waals surface area (Å²) >= 11 is 0. The average molecular weight is 467 g/mol. The van der Waals surface area contributed by atoms with E-state index < -0.39 is 10.0 Å². The van der Waals surface area contributed by atoms with E-state index in [-0.39, 0.29) is 4.91 Å². The summed E-state index contributed by atoms with van der Waals surface area (Å²) in [7, 11) is -3.73. The molecule has 0 amide bonds. The number of rotatable bonds is 6. The molecule has 0 bridgehead atoms. The fraction of sp³-hybridized carbons (Fsp3) is 0.423. The second-order valence-corrected chi connectivity index (χ2v) is 10.7. The molecule has 176 valence electrons. The van der Waals surface area contributed by atoms with Crippen LogP contribution in [0.3, 0.4) is 0 Å². The van der Waals surface area contributed by atoms with Crippen LogP contribution in [-0.4, -0.2) is 56.8 Å². The molecule has 2 aromatic carbocycles. The summed E-state index contributed by atoms with van der Waals surface area (Å²) in [5.41, 5.74) is 4.59. The van der Waals surface area contributed by atoms with Crippen LogP contribution < -0.4 is 5.32 Å². The number of hydrogen-bond donors (Lipinski definition) is 1. The van der Waals surface area contributed by atoms with E-state index in [4.69, 9.17) is 0 Å². The summed E-state index contributed by atoms with van der Waals surface area (Å²) in [6.45, 7) is 14.7.